The second-order valence-electron chi connectivity index (χ2n) is 4.78. The SMILES string of the molecule is CC(=O)c1ccc(C(=O)N[C@@H]2C=C[C@H](CO)C2)cc1. The lowest BCUT2D eigenvalue weighted by molar-refractivity contribution is 0.0939. The van der Waals surface area contributed by atoms with Gasteiger partial charge in [0, 0.05) is 29.7 Å². The molecule has 2 N–H and O–H groups in total. The first kappa shape index (κ1) is 13.5. The van der Waals surface area contributed by atoms with Gasteiger partial charge in [-0.1, -0.05) is 24.3 Å². The van der Waals surface area contributed by atoms with Crippen LogP contribution in [0.1, 0.15) is 34.1 Å². The molecule has 2 atom stereocenters. The molecular weight excluding hydrogens is 242 g/mol. The molecule has 0 aromatic heterocycles. The summed E-state index contributed by atoms with van der Waals surface area (Å²) in [7, 11) is 0. The molecule has 0 radical (unpaired) electrons. The number of ketones is 1. The van der Waals surface area contributed by atoms with Crippen LogP contribution in [-0.4, -0.2) is 29.4 Å². The highest BCUT2D eigenvalue weighted by Crippen LogP contribution is 2.17. The van der Waals surface area contributed by atoms with E-state index in [0.717, 1.165) is 6.42 Å². The molecule has 4 nitrogen and oxygen atoms in total. The molecule has 1 amide bonds. The number of rotatable bonds is 4. The van der Waals surface area contributed by atoms with Crippen molar-refractivity contribution in [3.05, 3.63) is 47.5 Å². The van der Waals surface area contributed by atoms with Crippen molar-refractivity contribution in [3.8, 4) is 0 Å². The molecule has 0 heterocycles. The molecule has 0 spiro atoms. The van der Waals surface area contributed by atoms with Crippen LogP contribution in [0.3, 0.4) is 0 Å². The van der Waals surface area contributed by atoms with Crippen LogP contribution in [0.2, 0.25) is 0 Å². The second-order valence-corrected chi connectivity index (χ2v) is 4.78. The van der Waals surface area contributed by atoms with E-state index < -0.39 is 0 Å². The minimum absolute atomic E-state index is 0.0172. The van der Waals surface area contributed by atoms with Crippen molar-refractivity contribution in [2.75, 3.05) is 6.61 Å². The van der Waals surface area contributed by atoms with Gasteiger partial charge in [0.2, 0.25) is 0 Å². The van der Waals surface area contributed by atoms with E-state index >= 15 is 0 Å². The average molecular weight is 259 g/mol. The van der Waals surface area contributed by atoms with Gasteiger partial charge in [0.1, 0.15) is 0 Å². The van der Waals surface area contributed by atoms with E-state index in [0.29, 0.717) is 11.1 Å². The molecule has 0 saturated carbocycles. The number of aliphatic hydroxyl groups is 1. The predicted octanol–water partition coefficient (Wildman–Crippen LogP) is 1.56. The van der Waals surface area contributed by atoms with Gasteiger partial charge in [-0.15, -0.1) is 0 Å². The van der Waals surface area contributed by atoms with Gasteiger partial charge in [-0.2, -0.15) is 0 Å². The molecule has 0 bridgehead atoms. The smallest absolute Gasteiger partial charge is 0.251 e. The van der Waals surface area contributed by atoms with Crippen LogP contribution in [0, 0.1) is 5.92 Å². The van der Waals surface area contributed by atoms with Crippen molar-refractivity contribution >= 4 is 11.7 Å². The maximum atomic E-state index is 12.0. The lowest BCUT2D eigenvalue weighted by Gasteiger charge is -2.12. The molecule has 0 fully saturated rings. The standard InChI is InChI=1S/C15H17NO3/c1-10(18)12-3-5-13(6-4-12)15(19)16-14-7-2-11(8-14)9-17/h2-7,11,14,17H,8-9H2,1H3,(H,16,19)/t11-,14+/m0/s1. The van der Waals surface area contributed by atoms with Gasteiger partial charge in [0.05, 0.1) is 0 Å². The monoisotopic (exact) mass is 259 g/mol. The van der Waals surface area contributed by atoms with Crippen molar-refractivity contribution in [1.29, 1.82) is 0 Å². The van der Waals surface area contributed by atoms with Crippen molar-refractivity contribution < 1.29 is 14.7 Å². The highest BCUT2D eigenvalue weighted by Gasteiger charge is 2.20. The zero-order chi connectivity index (χ0) is 13.8. The van der Waals surface area contributed by atoms with Gasteiger partial charge in [0.15, 0.2) is 5.78 Å². The van der Waals surface area contributed by atoms with Crippen LogP contribution >= 0.6 is 0 Å². The van der Waals surface area contributed by atoms with Crippen molar-refractivity contribution in [3.63, 3.8) is 0 Å². The lowest BCUT2D eigenvalue weighted by atomic mass is 10.1. The largest absolute Gasteiger partial charge is 0.396 e. The third-order valence-corrected chi connectivity index (χ3v) is 3.28. The molecule has 2 rings (SSSR count). The van der Waals surface area contributed by atoms with Crippen LogP contribution in [0.25, 0.3) is 0 Å². The van der Waals surface area contributed by atoms with Crippen LogP contribution in [0.4, 0.5) is 0 Å². The van der Waals surface area contributed by atoms with Gasteiger partial charge in [-0.05, 0) is 25.5 Å². The van der Waals surface area contributed by atoms with Crippen LogP contribution in [-0.2, 0) is 0 Å². The molecule has 1 aromatic carbocycles. The fraction of sp³-hybridized carbons (Fsp3) is 0.333. The summed E-state index contributed by atoms with van der Waals surface area (Å²) in [5.41, 5.74) is 1.13. The lowest BCUT2D eigenvalue weighted by Crippen LogP contribution is -2.32. The Morgan fingerprint density at radius 1 is 1.21 bits per heavy atom. The number of benzene rings is 1. The van der Waals surface area contributed by atoms with E-state index in [2.05, 4.69) is 5.32 Å². The van der Waals surface area contributed by atoms with E-state index in [9.17, 15) is 9.59 Å². The molecule has 1 aromatic rings. The summed E-state index contributed by atoms with van der Waals surface area (Å²) < 4.78 is 0. The van der Waals surface area contributed by atoms with E-state index in [1.165, 1.54) is 6.92 Å². The molecule has 4 heteroatoms. The summed E-state index contributed by atoms with van der Waals surface area (Å²) in [6.07, 6.45) is 4.56. The Hall–Kier alpha value is -1.94. The van der Waals surface area contributed by atoms with Gasteiger partial charge in [0.25, 0.3) is 5.91 Å². The fourth-order valence-corrected chi connectivity index (χ4v) is 2.13. The van der Waals surface area contributed by atoms with E-state index in [-0.39, 0.29) is 30.3 Å². The molecule has 1 aliphatic carbocycles. The number of hydrogen-bond donors (Lipinski definition) is 2. The van der Waals surface area contributed by atoms with Gasteiger partial charge >= 0.3 is 0 Å². The predicted molar refractivity (Wildman–Crippen MR) is 72.0 cm³/mol. The molecule has 19 heavy (non-hydrogen) atoms. The molecule has 0 aliphatic heterocycles. The number of nitrogens with one attached hydrogen (secondary N) is 1. The number of aliphatic hydroxyl groups excluding tert-OH is 1. The van der Waals surface area contributed by atoms with Crippen LogP contribution in [0.15, 0.2) is 36.4 Å². The minimum Gasteiger partial charge on any atom is -0.396 e. The topological polar surface area (TPSA) is 66.4 Å². The molecular formula is C15H17NO3. The fourth-order valence-electron chi connectivity index (χ4n) is 2.13. The van der Waals surface area contributed by atoms with Gasteiger partial charge in [-0.3, -0.25) is 9.59 Å². The summed E-state index contributed by atoms with van der Waals surface area (Å²) >= 11 is 0. The van der Waals surface area contributed by atoms with E-state index in [1.807, 2.05) is 12.2 Å². The van der Waals surface area contributed by atoms with Crippen LogP contribution in [0.5, 0.6) is 0 Å². The molecule has 0 unspecified atom stereocenters. The third-order valence-electron chi connectivity index (χ3n) is 3.28. The highest BCUT2D eigenvalue weighted by molar-refractivity contribution is 5.97. The molecule has 1 aliphatic rings. The summed E-state index contributed by atoms with van der Waals surface area (Å²) in [5, 5.41) is 11.9. The molecule has 0 saturated heterocycles. The van der Waals surface area contributed by atoms with E-state index in [4.69, 9.17) is 5.11 Å². The number of carbonyl (C=O) groups is 2. The highest BCUT2D eigenvalue weighted by atomic mass is 16.3. The van der Waals surface area contributed by atoms with Crippen molar-refractivity contribution in [1.82, 2.24) is 5.32 Å². The van der Waals surface area contributed by atoms with Gasteiger partial charge < -0.3 is 10.4 Å². The summed E-state index contributed by atoms with van der Waals surface area (Å²) in [4.78, 5) is 23.1. The number of amides is 1. The van der Waals surface area contributed by atoms with Crippen molar-refractivity contribution in [2.24, 2.45) is 5.92 Å². The Labute approximate surface area is 112 Å². The zero-order valence-corrected chi connectivity index (χ0v) is 10.8. The van der Waals surface area contributed by atoms with Crippen molar-refractivity contribution in [2.45, 2.75) is 19.4 Å². The number of hydrogen-bond acceptors (Lipinski definition) is 3. The maximum absolute atomic E-state index is 12.0. The Kier molecular flexibility index (Phi) is 4.12. The number of Topliss-reactive ketones (excluding diaryl/α,β-unsaturated/α-hetero) is 1. The summed E-state index contributed by atoms with van der Waals surface area (Å²) in [5.74, 6) is -0.0507. The molecule has 100 valence electrons. The summed E-state index contributed by atoms with van der Waals surface area (Å²) in [6, 6.07) is 6.57. The maximum Gasteiger partial charge on any atom is 0.251 e. The Bertz CT molecular complexity index is 505. The Balaban J connectivity index is 1.97. The van der Waals surface area contributed by atoms with Gasteiger partial charge in [-0.25, -0.2) is 0 Å². The quantitative estimate of drug-likeness (QED) is 0.637. The first-order chi connectivity index (χ1) is 9.10. The zero-order valence-electron chi connectivity index (χ0n) is 10.8. The first-order valence-electron chi connectivity index (χ1n) is 6.31. The van der Waals surface area contributed by atoms with E-state index in [1.54, 1.807) is 24.3 Å². The van der Waals surface area contributed by atoms with Crippen LogP contribution < -0.4 is 5.32 Å². The first-order valence-corrected chi connectivity index (χ1v) is 6.31. The Morgan fingerprint density at radius 2 is 1.84 bits per heavy atom. The normalized spacial score (nSPS) is 21.4. The minimum atomic E-state index is -0.164. The number of carbonyl (C=O) groups excluding carboxylic acids is 2. The Morgan fingerprint density at radius 3 is 2.37 bits per heavy atom. The average Bonchev–Trinajstić information content (AvgIpc) is 2.86. The third kappa shape index (κ3) is 3.29. The second kappa shape index (κ2) is 5.80. The summed E-state index contributed by atoms with van der Waals surface area (Å²) in [6.45, 7) is 1.60.